The standard InChI is InChI=1S/C18H22N2O6/c1-4-12-5-7-14(8-6-12)20-10-13(9-15(20)21)17(23)26-11(2)16(22)19-18(24)25-3/h5-8,11,13H,4,9-10H2,1-3H3,(H,19,22,24)/t11-,13+/m0/s1. The van der Waals surface area contributed by atoms with Gasteiger partial charge < -0.3 is 14.4 Å². The lowest BCUT2D eigenvalue weighted by molar-refractivity contribution is -0.158. The van der Waals surface area contributed by atoms with Gasteiger partial charge in [-0.15, -0.1) is 0 Å². The highest BCUT2D eigenvalue weighted by Gasteiger charge is 2.37. The molecule has 2 atom stereocenters. The summed E-state index contributed by atoms with van der Waals surface area (Å²) >= 11 is 0. The number of benzene rings is 1. The van der Waals surface area contributed by atoms with E-state index in [2.05, 4.69) is 4.74 Å². The number of imide groups is 1. The fraction of sp³-hybridized carbons (Fsp3) is 0.444. The predicted molar refractivity (Wildman–Crippen MR) is 92.4 cm³/mol. The molecule has 1 fully saturated rings. The van der Waals surface area contributed by atoms with Crippen LogP contribution in [0.15, 0.2) is 24.3 Å². The number of anilines is 1. The quantitative estimate of drug-likeness (QED) is 0.795. The molecular formula is C18H22N2O6. The maximum absolute atomic E-state index is 12.2. The van der Waals surface area contributed by atoms with Crippen LogP contribution in [0.3, 0.4) is 0 Å². The molecule has 140 valence electrons. The van der Waals surface area contributed by atoms with Crippen molar-refractivity contribution in [2.75, 3.05) is 18.6 Å². The van der Waals surface area contributed by atoms with Crippen LogP contribution in [-0.2, 0) is 30.3 Å². The fourth-order valence-corrected chi connectivity index (χ4v) is 2.60. The lowest BCUT2D eigenvalue weighted by atomic mass is 10.1. The molecule has 0 aliphatic carbocycles. The van der Waals surface area contributed by atoms with Crippen LogP contribution in [0, 0.1) is 5.92 Å². The molecule has 1 heterocycles. The lowest BCUT2D eigenvalue weighted by Gasteiger charge is -2.18. The van der Waals surface area contributed by atoms with Crippen molar-refractivity contribution in [2.45, 2.75) is 32.8 Å². The zero-order chi connectivity index (χ0) is 19.3. The van der Waals surface area contributed by atoms with E-state index in [4.69, 9.17) is 4.74 Å². The van der Waals surface area contributed by atoms with Gasteiger partial charge in [-0.05, 0) is 31.0 Å². The van der Waals surface area contributed by atoms with Crippen LogP contribution in [0.1, 0.15) is 25.8 Å². The van der Waals surface area contributed by atoms with Crippen molar-refractivity contribution in [3.05, 3.63) is 29.8 Å². The molecule has 0 saturated carbocycles. The highest BCUT2D eigenvalue weighted by Crippen LogP contribution is 2.26. The SMILES string of the molecule is CCc1ccc(N2C[C@H](C(=O)O[C@@H](C)C(=O)NC(=O)OC)CC2=O)cc1. The summed E-state index contributed by atoms with van der Waals surface area (Å²) in [5, 5.41) is 1.92. The average Bonchev–Trinajstić information content (AvgIpc) is 3.03. The second-order valence-corrected chi connectivity index (χ2v) is 5.99. The van der Waals surface area contributed by atoms with Crippen molar-refractivity contribution in [3.63, 3.8) is 0 Å². The Balaban J connectivity index is 1.95. The number of nitrogens with one attached hydrogen (secondary N) is 1. The molecule has 0 bridgehead atoms. The molecule has 3 amide bonds. The topological polar surface area (TPSA) is 102 Å². The van der Waals surface area contributed by atoms with Gasteiger partial charge in [0.1, 0.15) is 0 Å². The number of alkyl carbamates (subject to hydrolysis) is 1. The maximum Gasteiger partial charge on any atom is 0.413 e. The first-order valence-corrected chi connectivity index (χ1v) is 8.34. The summed E-state index contributed by atoms with van der Waals surface area (Å²) in [7, 11) is 1.12. The molecule has 1 saturated heterocycles. The Morgan fingerprint density at radius 1 is 1.27 bits per heavy atom. The van der Waals surface area contributed by atoms with Gasteiger partial charge in [-0.2, -0.15) is 0 Å². The van der Waals surface area contributed by atoms with Crippen molar-refractivity contribution in [2.24, 2.45) is 5.92 Å². The number of carbonyl (C=O) groups is 4. The number of aryl methyl sites for hydroxylation is 1. The number of methoxy groups -OCH3 is 1. The van der Waals surface area contributed by atoms with Gasteiger partial charge in [0.15, 0.2) is 6.10 Å². The second-order valence-electron chi connectivity index (χ2n) is 5.99. The number of carbonyl (C=O) groups excluding carboxylic acids is 4. The number of rotatable bonds is 5. The zero-order valence-electron chi connectivity index (χ0n) is 15.0. The molecule has 1 aromatic rings. The van der Waals surface area contributed by atoms with E-state index in [-0.39, 0.29) is 18.9 Å². The number of esters is 1. The molecule has 0 radical (unpaired) electrons. The third kappa shape index (κ3) is 4.59. The van der Waals surface area contributed by atoms with Crippen LogP contribution in [0.25, 0.3) is 0 Å². The Labute approximate surface area is 151 Å². The summed E-state index contributed by atoms with van der Waals surface area (Å²) in [6, 6.07) is 7.56. The fourth-order valence-electron chi connectivity index (χ4n) is 2.60. The average molecular weight is 362 g/mol. The second kappa shape index (κ2) is 8.46. The lowest BCUT2D eigenvalue weighted by Crippen LogP contribution is -2.40. The van der Waals surface area contributed by atoms with Gasteiger partial charge in [0, 0.05) is 18.7 Å². The molecule has 8 nitrogen and oxygen atoms in total. The Kier molecular flexibility index (Phi) is 6.32. The number of ether oxygens (including phenoxy) is 2. The van der Waals surface area contributed by atoms with E-state index in [0.717, 1.165) is 24.8 Å². The van der Waals surface area contributed by atoms with Crippen molar-refractivity contribution >= 4 is 29.6 Å². The van der Waals surface area contributed by atoms with Gasteiger partial charge in [0.2, 0.25) is 5.91 Å². The summed E-state index contributed by atoms with van der Waals surface area (Å²) in [5.41, 5.74) is 1.88. The molecule has 0 unspecified atom stereocenters. The first kappa shape index (κ1) is 19.4. The van der Waals surface area contributed by atoms with Gasteiger partial charge in [-0.3, -0.25) is 19.7 Å². The van der Waals surface area contributed by atoms with Crippen molar-refractivity contribution in [1.82, 2.24) is 5.32 Å². The van der Waals surface area contributed by atoms with E-state index < -0.39 is 30.0 Å². The minimum atomic E-state index is -1.17. The Hall–Kier alpha value is -2.90. The molecule has 2 rings (SSSR count). The van der Waals surface area contributed by atoms with Crippen LogP contribution >= 0.6 is 0 Å². The van der Waals surface area contributed by atoms with Crippen LogP contribution in [-0.4, -0.2) is 43.6 Å². The van der Waals surface area contributed by atoms with E-state index in [0.29, 0.717) is 0 Å². The van der Waals surface area contributed by atoms with E-state index in [1.807, 2.05) is 36.5 Å². The Morgan fingerprint density at radius 2 is 1.92 bits per heavy atom. The molecule has 8 heteroatoms. The summed E-state index contributed by atoms with van der Waals surface area (Å²) in [6.45, 7) is 3.57. The van der Waals surface area contributed by atoms with E-state index in [9.17, 15) is 19.2 Å². The molecule has 1 aliphatic heterocycles. The monoisotopic (exact) mass is 362 g/mol. The minimum Gasteiger partial charge on any atom is -0.453 e. The largest absolute Gasteiger partial charge is 0.453 e. The van der Waals surface area contributed by atoms with Gasteiger partial charge in [0.25, 0.3) is 5.91 Å². The summed E-state index contributed by atoms with van der Waals surface area (Å²) in [4.78, 5) is 48.7. The zero-order valence-corrected chi connectivity index (χ0v) is 15.0. The molecule has 0 aromatic heterocycles. The Morgan fingerprint density at radius 3 is 2.50 bits per heavy atom. The maximum atomic E-state index is 12.2. The van der Waals surface area contributed by atoms with E-state index >= 15 is 0 Å². The third-order valence-electron chi connectivity index (χ3n) is 4.19. The smallest absolute Gasteiger partial charge is 0.413 e. The normalized spacial score (nSPS) is 17.6. The van der Waals surface area contributed by atoms with Crippen molar-refractivity contribution in [1.29, 1.82) is 0 Å². The first-order chi connectivity index (χ1) is 12.3. The predicted octanol–water partition coefficient (Wildman–Crippen LogP) is 1.42. The summed E-state index contributed by atoms with van der Waals surface area (Å²) < 4.78 is 9.38. The van der Waals surface area contributed by atoms with Crippen LogP contribution in [0.5, 0.6) is 0 Å². The highest BCUT2D eigenvalue weighted by atomic mass is 16.6. The van der Waals surface area contributed by atoms with Gasteiger partial charge >= 0.3 is 12.1 Å². The van der Waals surface area contributed by atoms with Crippen LogP contribution in [0.4, 0.5) is 10.5 Å². The van der Waals surface area contributed by atoms with Crippen LogP contribution < -0.4 is 10.2 Å². The minimum absolute atomic E-state index is 0.0136. The van der Waals surface area contributed by atoms with E-state index in [1.165, 1.54) is 11.8 Å². The van der Waals surface area contributed by atoms with E-state index in [1.54, 1.807) is 0 Å². The van der Waals surface area contributed by atoms with Gasteiger partial charge in [-0.25, -0.2) is 4.79 Å². The first-order valence-electron chi connectivity index (χ1n) is 8.34. The molecule has 1 aliphatic rings. The Bertz CT molecular complexity index is 700. The summed E-state index contributed by atoms with van der Waals surface area (Å²) in [6.07, 6.45) is -1.20. The molecular weight excluding hydrogens is 340 g/mol. The van der Waals surface area contributed by atoms with Crippen molar-refractivity contribution < 1.29 is 28.7 Å². The van der Waals surface area contributed by atoms with Crippen LogP contribution in [0.2, 0.25) is 0 Å². The molecule has 26 heavy (non-hydrogen) atoms. The highest BCUT2D eigenvalue weighted by molar-refractivity contribution is 6.00. The third-order valence-corrected chi connectivity index (χ3v) is 4.19. The number of hydrogen-bond donors (Lipinski definition) is 1. The number of nitrogens with zero attached hydrogens (tertiary/aromatic N) is 1. The van der Waals surface area contributed by atoms with Gasteiger partial charge in [0.05, 0.1) is 13.0 Å². The summed E-state index contributed by atoms with van der Waals surface area (Å²) in [5.74, 6) is -2.29. The number of hydrogen-bond acceptors (Lipinski definition) is 6. The molecule has 0 spiro atoms. The molecule has 1 aromatic carbocycles. The molecule has 1 N–H and O–H groups in total. The number of amides is 3. The van der Waals surface area contributed by atoms with Gasteiger partial charge in [-0.1, -0.05) is 19.1 Å². The van der Waals surface area contributed by atoms with Crippen molar-refractivity contribution in [3.8, 4) is 0 Å².